The summed E-state index contributed by atoms with van der Waals surface area (Å²) < 4.78 is 2.81. The number of ether oxygens (including phenoxy) is 1. The van der Waals surface area contributed by atoms with Crippen molar-refractivity contribution in [1.82, 2.24) is 5.48 Å². The summed E-state index contributed by atoms with van der Waals surface area (Å²) in [4.78, 5) is 27.0. The van der Waals surface area contributed by atoms with Crippen LogP contribution in [0.5, 0.6) is 0 Å². The fourth-order valence-corrected chi connectivity index (χ4v) is 1.73. The Morgan fingerprint density at radius 2 is 1.77 bits per heavy atom. The number of carbonyl (C=O) groups excluding carboxylic acids is 2. The van der Waals surface area contributed by atoms with Crippen molar-refractivity contribution in [3.8, 4) is 0 Å². The second kappa shape index (κ2) is 9.77. The first-order chi connectivity index (χ1) is 10.4. The van der Waals surface area contributed by atoms with Crippen molar-refractivity contribution in [2.24, 2.45) is 0 Å². The molecule has 0 aliphatic rings. The highest BCUT2D eigenvalue weighted by atomic mass is 35.6. The third kappa shape index (κ3) is 9.71. The van der Waals surface area contributed by atoms with Gasteiger partial charge in [-0.05, 0) is 24.8 Å². The topological polar surface area (TPSA) is 64.6 Å². The maximum Gasteiger partial charge on any atom is 0.440 e. The molecule has 1 rings (SSSR count). The average molecular weight is 369 g/mol. The molecule has 0 heterocycles. The monoisotopic (exact) mass is 367 g/mol. The van der Waals surface area contributed by atoms with Gasteiger partial charge in [0.15, 0.2) is 0 Å². The van der Waals surface area contributed by atoms with E-state index in [-0.39, 0.29) is 6.42 Å². The van der Waals surface area contributed by atoms with Gasteiger partial charge in [0.1, 0.15) is 6.61 Å². The van der Waals surface area contributed by atoms with Crippen LogP contribution in [0.2, 0.25) is 0 Å². The number of hydrogen-bond acceptors (Lipinski definition) is 4. The number of hydroxylamine groups is 1. The van der Waals surface area contributed by atoms with Gasteiger partial charge in [-0.1, -0.05) is 65.1 Å². The minimum Gasteiger partial charge on any atom is -0.443 e. The molecule has 0 saturated carbocycles. The summed E-state index contributed by atoms with van der Waals surface area (Å²) in [7, 11) is 0. The Kier molecular flexibility index (Phi) is 8.38. The minimum absolute atomic E-state index is 0.192. The van der Waals surface area contributed by atoms with Gasteiger partial charge < -0.3 is 9.57 Å². The molecule has 0 bridgehead atoms. The first-order valence-corrected chi connectivity index (χ1v) is 7.73. The van der Waals surface area contributed by atoms with E-state index in [1.165, 1.54) is 5.56 Å². The molecule has 0 spiro atoms. The summed E-state index contributed by atoms with van der Waals surface area (Å²) in [6.45, 7) is -0.446. The molecule has 1 aromatic rings. The standard InChI is InChI=1S/C14H16Cl3NO4/c15-14(16,17)10-21-13(20)18-22-12(19)9-5-4-8-11-6-2-1-3-7-11/h1-3,6-7H,4-5,8-10H2,(H,18,20). The molecule has 0 aromatic heterocycles. The fourth-order valence-electron chi connectivity index (χ4n) is 1.57. The highest BCUT2D eigenvalue weighted by Crippen LogP contribution is 2.25. The Morgan fingerprint density at radius 1 is 1.09 bits per heavy atom. The summed E-state index contributed by atoms with van der Waals surface area (Å²) in [5, 5.41) is 0. The van der Waals surface area contributed by atoms with Crippen molar-refractivity contribution in [1.29, 1.82) is 0 Å². The molecule has 1 N–H and O–H groups in total. The van der Waals surface area contributed by atoms with E-state index in [2.05, 4.69) is 9.57 Å². The number of benzene rings is 1. The van der Waals surface area contributed by atoms with Gasteiger partial charge in [-0.15, -0.1) is 5.48 Å². The Balaban J connectivity index is 2.07. The van der Waals surface area contributed by atoms with Crippen LogP contribution in [0, 0.1) is 0 Å². The van der Waals surface area contributed by atoms with Crippen LogP contribution in [0.15, 0.2) is 30.3 Å². The fraction of sp³-hybridized carbons (Fsp3) is 0.429. The molecular formula is C14H16Cl3NO4. The molecule has 0 aliphatic carbocycles. The zero-order valence-electron chi connectivity index (χ0n) is 11.7. The first-order valence-electron chi connectivity index (χ1n) is 6.60. The highest BCUT2D eigenvalue weighted by Gasteiger charge is 2.22. The molecule has 0 unspecified atom stereocenters. The first kappa shape index (κ1) is 18.9. The molecule has 0 aliphatic heterocycles. The SMILES string of the molecule is O=C(CCCCc1ccccc1)ONC(=O)OCC(Cl)(Cl)Cl. The minimum atomic E-state index is -1.71. The van der Waals surface area contributed by atoms with Crippen LogP contribution in [0.4, 0.5) is 4.79 Å². The lowest BCUT2D eigenvalue weighted by molar-refractivity contribution is -0.149. The third-order valence-corrected chi connectivity index (χ3v) is 2.88. The number of carbonyl (C=O) groups is 2. The normalized spacial score (nSPS) is 10.9. The summed E-state index contributed by atoms with van der Waals surface area (Å²) in [6, 6.07) is 9.95. The number of aryl methyl sites for hydroxylation is 1. The van der Waals surface area contributed by atoms with Gasteiger partial charge in [0.2, 0.25) is 3.79 Å². The third-order valence-electron chi connectivity index (χ3n) is 2.55. The zero-order chi connectivity index (χ0) is 16.4. The van der Waals surface area contributed by atoms with Crippen molar-refractivity contribution in [3.05, 3.63) is 35.9 Å². The number of unbranched alkanes of at least 4 members (excludes halogenated alkanes) is 1. The predicted octanol–water partition coefficient (Wildman–Crippen LogP) is 3.95. The number of rotatable bonds is 6. The van der Waals surface area contributed by atoms with Gasteiger partial charge in [-0.2, -0.15) is 0 Å². The Morgan fingerprint density at radius 3 is 2.41 bits per heavy atom. The van der Waals surface area contributed by atoms with Crippen LogP contribution in [-0.4, -0.2) is 22.5 Å². The molecule has 1 aromatic carbocycles. The van der Waals surface area contributed by atoms with Gasteiger partial charge >= 0.3 is 12.1 Å². The van der Waals surface area contributed by atoms with Crippen LogP contribution in [0.3, 0.4) is 0 Å². The Bertz CT molecular complexity index is 477. The Labute approximate surface area is 143 Å². The second-order valence-electron chi connectivity index (χ2n) is 4.46. The predicted molar refractivity (Wildman–Crippen MR) is 84.9 cm³/mol. The Hall–Kier alpha value is -1.17. The average Bonchev–Trinajstić information content (AvgIpc) is 2.48. The molecule has 0 saturated heterocycles. The zero-order valence-corrected chi connectivity index (χ0v) is 14.0. The molecule has 8 heteroatoms. The number of halogens is 3. The van der Waals surface area contributed by atoms with Crippen LogP contribution in [0.1, 0.15) is 24.8 Å². The molecule has 0 radical (unpaired) electrons. The van der Waals surface area contributed by atoms with E-state index in [0.717, 1.165) is 12.8 Å². The molecule has 1 amide bonds. The van der Waals surface area contributed by atoms with E-state index in [9.17, 15) is 9.59 Å². The summed E-state index contributed by atoms with van der Waals surface area (Å²) >= 11 is 16.2. The van der Waals surface area contributed by atoms with Gasteiger partial charge in [0.25, 0.3) is 0 Å². The number of hydrogen-bond donors (Lipinski definition) is 1. The molecule has 122 valence electrons. The number of alkyl halides is 3. The summed E-state index contributed by atoms with van der Waals surface area (Å²) in [6.07, 6.45) is 1.57. The van der Waals surface area contributed by atoms with Crippen molar-refractivity contribution in [2.45, 2.75) is 29.5 Å². The maximum atomic E-state index is 11.4. The van der Waals surface area contributed by atoms with Crippen molar-refractivity contribution >= 4 is 46.9 Å². The largest absolute Gasteiger partial charge is 0.443 e. The van der Waals surface area contributed by atoms with Crippen LogP contribution >= 0.6 is 34.8 Å². The van der Waals surface area contributed by atoms with E-state index in [0.29, 0.717) is 6.42 Å². The number of amides is 1. The molecular weight excluding hydrogens is 353 g/mol. The van der Waals surface area contributed by atoms with Gasteiger partial charge in [0.05, 0.1) is 0 Å². The lowest BCUT2D eigenvalue weighted by atomic mass is 10.1. The summed E-state index contributed by atoms with van der Waals surface area (Å²) in [5.41, 5.74) is 3.04. The lowest BCUT2D eigenvalue weighted by Crippen LogP contribution is -2.30. The van der Waals surface area contributed by atoms with E-state index in [1.807, 2.05) is 35.8 Å². The van der Waals surface area contributed by atoms with Crippen LogP contribution in [0.25, 0.3) is 0 Å². The van der Waals surface area contributed by atoms with Gasteiger partial charge in [-0.3, -0.25) is 0 Å². The highest BCUT2D eigenvalue weighted by molar-refractivity contribution is 6.67. The van der Waals surface area contributed by atoms with Gasteiger partial charge in [-0.25, -0.2) is 9.59 Å². The number of nitrogens with one attached hydrogen (secondary N) is 1. The van der Waals surface area contributed by atoms with Crippen molar-refractivity contribution in [2.75, 3.05) is 6.61 Å². The van der Waals surface area contributed by atoms with E-state index in [4.69, 9.17) is 34.8 Å². The molecule has 0 fully saturated rings. The maximum absolute atomic E-state index is 11.4. The molecule has 22 heavy (non-hydrogen) atoms. The lowest BCUT2D eigenvalue weighted by Gasteiger charge is -2.11. The van der Waals surface area contributed by atoms with E-state index >= 15 is 0 Å². The van der Waals surface area contributed by atoms with Crippen LogP contribution in [-0.2, 0) is 20.8 Å². The molecule has 0 atom stereocenters. The smallest absolute Gasteiger partial charge is 0.440 e. The van der Waals surface area contributed by atoms with Crippen LogP contribution < -0.4 is 5.48 Å². The molecule has 5 nitrogen and oxygen atoms in total. The van der Waals surface area contributed by atoms with Crippen molar-refractivity contribution in [3.63, 3.8) is 0 Å². The summed E-state index contributed by atoms with van der Waals surface area (Å²) in [5.74, 6) is -0.557. The van der Waals surface area contributed by atoms with Gasteiger partial charge in [0, 0.05) is 6.42 Å². The van der Waals surface area contributed by atoms with Crippen molar-refractivity contribution < 1.29 is 19.2 Å². The van der Waals surface area contributed by atoms with E-state index in [1.54, 1.807) is 0 Å². The quantitative estimate of drug-likeness (QED) is 0.469. The second-order valence-corrected chi connectivity index (χ2v) is 6.98. The van der Waals surface area contributed by atoms with E-state index < -0.39 is 22.5 Å².